The second-order valence-corrected chi connectivity index (χ2v) is 6.25. The molecule has 5 nitrogen and oxygen atoms in total. The summed E-state index contributed by atoms with van der Waals surface area (Å²) in [5.41, 5.74) is 0. The largest absolute Gasteiger partial charge is 0.337 e. The Hall–Kier alpha value is -0.590. The molecule has 0 aliphatic rings. The number of nitrogens with one attached hydrogen (secondary N) is 1. The van der Waals surface area contributed by atoms with E-state index in [4.69, 9.17) is 11.6 Å². The molecule has 1 rings (SSSR count). The van der Waals surface area contributed by atoms with Crippen LogP contribution in [-0.2, 0) is 16.6 Å². The second-order valence-electron chi connectivity index (χ2n) is 4.09. The molecule has 98 valence electrons. The van der Waals surface area contributed by atoms with Gasteiger partial charge in [0.05, 0.1) is 12.1 Å². The lowest BCUT2D eigenvalue weighted by Gasteiger charge is -2.10. The van der Waals surface area contributed by atoms with Gasteiger partial charge in [0, 0.05) is 31.4 Å². The van der Waals surface area contributed by atoms with Crippen molar-refractivity contribution < 1.29 is 8.42 Å². The van der Waals surface area contributed by atoms with Crippen molar-refractivity contribution in [1.82, 2.24) is 14.3 Å². The highest BCUT2D eigenvalue weighted by molar-refractivity contribution is 7.89. The first kappa shape index (κ1) is 14.5. The molecule has 1 aromatic rings. The van der Waals surface area contributed by atoms with Crippen LogP contribution in [0, 0.1) is 5.92 Å². The van der Waals surface area contributed by atoms with E-state index in [1.54, 1.807) is 12.5 Å². The molecular formula is C10H18ClN3O2S. The summed E-state index contributed by atoms with van der Waals surface area (Å²) < 4.78 is 27.6. The first-order chi connectivity index (χ1) is 8.03. The van der Waals surface area contributed by atoms with Gasteiger partial charge in [0.1, 0.15) is 0 Å². The average Bonchev–Trinajstić information content (AvgIpc) is 2.76. The number of nitrogens with zero attached hydrogens (tertiary/aromatic N) is 2. The minimum Gasteiger partial charge on any atom is -0.337 e. The van der Waals surface area contributed by atoms with Gasteiger partial charge in [0.25, 0.3) is 0 Å². The van der Waals surface area contributed by atoms with Gasteiger partial charge in [-0.05, 0) is 12.3 Å². The van der Waals surface area contributed by atoms with E-state index in [9.17, 15) is 8.42 Å². The first-order valence-corrected chi connectivity index (χ1v) is 7.71. The molecule has 0 aromatic carbocycles. The lowest BCUT2D eigenvalue weighted by atomic mass is 10.3. The first-order valence-electron chi connectivity index (χ1n) is 5.52. The smallest absolute Gasteiger partial charge is 0.211 e. The highest BCUT2D eigenvalue weighted by Gasteiger charge is 2.13. The van der Waals surface area contributed by atoms with Crippen LogP contribution < -0.4 is 4.72 Å². The fourth-order valence-electron chi connectivity index (χ4n) is 1.39. The summed E-state index contributed by atoms with van der Waals surface area (Å²) >= 11 is 5.58. The van der Waals surface area contributed by atoms with Crippen LogP contribution in [0.4, 0.5) is 0 Å². The molecule has 0 amide bonds. The predicted octanol–water partition coefficient (Wildman–Crippen LogP) is 1.07. The van der Waals surface area contributed by atoms with Crippen LogP contribution in [-0.4, -0.2) is 36.1 Å². The number of hydrogen-bond acceptors (Lipinski definition) is 3. The van der Waals surface area contributed by atoms with Crippen molar-refractivity contribution in [1.29, 1.82) is 0 Å². The number of aryl methyl sites for hydroxylation is 1. The van der Waals surface area contributed by atoms with E-state index < -0.39 is 10.0 Å². The number of sulfonamides is 1. The van der Waals surface area contributed by atoms with Crippen molar-refractivity contribution in [2.24, 2.45) is 5.92 Å². The summed E-state index contributed by atoms with van der Waals surface area (Å²) in [6.45, 7) is 3.01. The zero-order valence-corrected chi connectivity index (χ0v) is 11.4. The highest BCUT2D eigenvalue weighted by Crippen LogP contribution is 2.02. The van der Waals surface area contributed by atoms with Crippen LogP contribution in [0.2, 0.25) is 0 Å². The van der Waals surface area contributed by atoms with Crippen molar-refractivity contribution in [3.63, 3.8) is 0 Å². The van der Waals surface area contributed by atoms with E-state index in [-0.39, 0.29) is 11.7 Å². The molecule has 1 N–H and O–H groups in total. The van der Waals surface area contributed by atoms with Gasteiger partial charge in [0.2, 0.25) is 10.0 Å². The number of aromatic nitrogens is 2. The Morgan fingerprint density at radius 3 is 2.88 bits per heavy atom. The van der Waals surface area contributed by atoms with Gasteiger partial charge in [0.15, 0.2) is 0 Å². The maximum atomic E-state index is 11.6. The summed E-state index contributed by atoms with van der Waals surface area (Å²) in [6.07, 6.45) is 6.01. The van der Waals surface area contributed by atoms with Crippen LogP contribution in [0.3, 0.4) is 0 Å². The topological polar surface area (TPSA) is 64.0 Å². The van der Waals surface area contributed by atoms with E-state index in [1.807, 2.05) is 17.7 Å². The van der Waals surface area contributed by atoms with Gasteiger partial charge in [-0.1, -0.05) is 6.92 Å². The summed E-state index contributed by atoms with van der Waals surface area (Å²) in [6, 6.07) is 0. The summed E-state index contributed by atoms with van der Waals surface area (Å²) in [5.74, 6) is 0.417. The standard InChI is InChI=1S/C10H18ClN3O2S/c1-10(7-11)8-17(15,16)13-3-2-5-14-6-4-12-9-14/h4,6,9-10,13H,2-3,5,7-8H2,1H3. The highest BCUT2D eigenvalue weighted by atomic mass is 35.5. The van der Waals surface area contributed by atoms with Gasteiger partial charge in [-0.3, -0.25) is 0 Å². The Balaban J connectivity index is 2.21. The third-order valence-corrected chi connectivity index (χ3v) is 4.42. The third kappa shape index (κ3) is 6.05. The zero-order valence-electron chi connectivity index (χ0n) is 9.84. The molecule has 0 aliphatic heterocycles. The molecule has 1 heterocycles. The fourth-order valence-corrected chi connectivity index (χ4v) is 3.07. The average molecular weight is 280 g/mol. The maximum absolute atomic E-state index is 11.6. The lowest BCUT2D eigenvalue weighted by Crippen LogP contribution is -2.30. The molecule has 0 bridgehead atoms. The minimum absolute atomic E-state index is 0.0252. The van der Waals surface area contributed by atoms with E-state index in [2.05, 4.69) is 9.71 Å². The Kier molecular flexibility index (Phi) is 5.94. The molecule has 1 atom stereocenters. The number of alkyl halides is 1. The van der Waals surface area contributed by atoms with Gasteiger partial charge < -0.3 is 4.57 Å². The van der Waals surface area contributed by atoms with Crippen molar-refractivity contribution >= 4 is 21.6 Å². The van der Waals surface area contributed by atoms with Crippen LogP contribution in [0.1, 0.15) is 13.3 Å². The van der Waals surface area contributed by atoms with Gasteiger partial charge in [-0.15, -0.1) is 11.6 Å². The molecule has 0 fully saturated rings. The van der Waals surface area contributed by atoms with Crippen molar-refractivity contribution in [2.45, 2.75) is 19.9 Å². The van der Waals surface area contributed by atoms with E-state index in [0.717, 1.165) is 13.0 Å². The van der Waals surface area contributed by atoms with E-state index >= 15 is 0 Å². The summed E-state index contributed by atoms with van der Waals surface area (Å²) in [4.78, 5) is 3.91. The van der Waals surface area contributed by atoms with E-state index in [0.29, 0.717) is 12.4 Å². The second kappa shape index (κ2) is 6.98. The third-order valence-electron chi connectivity index (χ3n) is 2.24. The van der Waals surface area contributed by atoms with Gasteiger partial charge >= 0.3 is 0 Å². The predicted molar refractivity (Wildman–Crippen MR) is 68.5 cm³/mol. The monoisotopic (exact) mass is 279 g/mol. The molecule has 1 unspecified atom stereocenters. The van der Waals surface area contributed by atoms with Crippen LogP contribution in [0.25, 0.3) is 0 Å². The van der Waals surface area contributed by atoms with Crippen molar-refractivity contribution in [2.75, 3.05) is 18.2 Å². The molecule has 17 heavy (non-hydrogen) atoms. The minimum atomic E-state index is -3.19. The quantitative estimate of drug-likeness (QED) is 0.572. The summed E-state index contributed by atoms with van der Waals surface area (Å²) in [5, 5.41) is 0. The Bertz CT molecular complexity index is 405. The Morgan fingerprint density at radius 1 is 1.53 bits per heavy atom. The normalized spacial score (nSPS) is 13.8. The van der Waals surface area contributed by atoms with Crippen LogP contribution in [0.15, 0.2) is 18.7 Å². The lowest BCUT2D eigenvalue weighted by molar-refractivity contribution is 0.559. The molecule has 0 saturated heterocycles. The van der Waals surface area contributed by atoms with Crippen molar-refractivity contribution in [3.05, 3.63) is 18.7 Å². The van der Waals surface area contributed by atoms with Crippen LogP contribution in [0.5, 0.6) is 0 Å². The molecule has 0 saturated carbocycles. The van der Waals surface area contributed by atoms with Gasteiger partial charge in [-0.2, -0.15) is 0 Å². The molecule has 0 spiro atoms. The van der Waals surface area contributed by atoms with E-state index in [1.165, 1.54) is 0 Å². The fraction of sp³-hybridized carbons (Fsp3) is 0.700. The Labute approximate surface area is 107 Å². The molecule has 7 heteroatoms. The van der Waals surface area contributed by atoms with Gasteiger partial charge in [-0.25, -0.2) is 18.1 Å². The molecule has 0 aliphatic carbocycles. The van der Waals surface area contributed by atoms with Crippen LogP contribution >= 0.6 is 11.6 Å². The SMILES string of the molecule is CC(CCl)CS(=O)(=O)NCCCn1ccnc1. The molecule has 0 radical (unpaired) electrons. The van der Waals surface area contributed by atoms with Crippen molar-refractivity contribution in [3.8, 4) is 0 Å². The molecule has 1 aromatic heterocycles. The summed E-state index contributed by atoms with van der Waals surface area (Å²) in [7, 11) is -3.19. The Morgan fingerprint density at radius 2 is 2.29 bits per heavy atom. The maximum Gasteiger partial charge on any atom is 0.211 e. The number of imidazole rings is 1. The molecular weight excluding hydrogens is 262 g/mol. The number of halogens is 1. The number of hydrogen-bond donors (Lipinski definition) is 1. The zero-order chi connectivity index (χ0) is 12.7. The number of rotatable bonds is 8.